The van der Waals surface area contributed by atoms with Gasteiger partial charge in [-0.2, -0.15) is 0 Å². The van der Waals surface area contributed by atoms with E-state index in [9.17, 15) is 4.79 Å². The van der Waals surface area contributed by atoms with E-state index in [1.54, 1.807) is 0 Å². The van der Waals surface area contributed by atoms with Crippen LogP contribution < -0.4 is 19.3 Å². The third-order valence-corrected chi connectivity index (χ3v) is 6.48. The normalized spacial score (nSPS) is 20.8. The Hall–Kier alpha value is -3.03. The number of benzene rings is 1. The number of piperidine rings is 1. The molecule has 0 spiro atoms. The molecule has 0 radical (unpaired) electrons. The molecule has 0 bridgehead atoms. The summed E-state index contributed by atoms with van der Waals surface area (Å²) < 4.78 is 10.8. The Morgan fingerprint density at radius 1 is 0.968 bits per heavy atom. The minimum Gasteiger partial charge on any atom is -0.454 e. The largest absolute Gasteiger partial charge is 0.454 e. The van der Waals surface area contributed by atoms with Crippen LogP contribution in [0.1, 0.15) is 31.7 Å². The number of ether oxygens (including phenoxy) is 2. The summed E-state index contributed by atoms with van der Waals surface area (Å²) in [6.45, 7) is 6.47. The summed E-state index contributed by atoms with van der Waals surface area (Å²) in [6, 6.07) is 10.4. The molecule has 1 unspecified atom stereocenters. The number of anilines is 2. The first kappa shape index (κ1) is 19.9. The number of rotatable bonds is 4. The molecule has 1 amide bonds. The number of carbonyl (C=O) groups is 1. The van der Waals surface area contributed by atoms with Crippen LogP contribution in [-0.2, 0) is 11.2 Å². The zero-order valence-electron chi connectivity index (χ0n) is 18.0. The van der Waals surface area contributed by atoms with Gasteiger partial charge in [-0.25, -0.2) is 0 Å². The Morgan fingerprint density at radius 2 is 1.74 bits per heavy atom. The van der Waals surface area contributed by atoms with Gasteiger partial charge in [-0.15, -0.1) is 10.2 Å². The van der Waals surface area contributed by atoms with Crippen LogP contribution in [0.2, 0.25) is 0 Å². The van der Waals surface area contributed by atoms with Crippen LogP contribution >= 0.6 is 0 Å². The van der Waals surface area contributed by atoms with Crippen LogP contribution in [-0.4, -0.2) is 66.6 Å². The number of piperazine rings is 1. The molecule has 0 aliphatic carbocycles. The van der Waals surface area contributed by atoms with Gasteiger partial charge in [0.05, 0.1) is 6.42 Å². The van der Waals surface area contributed by atoms with Crippen molar-refractivity contribution < 1.29 is 14.3 Å². The Morgan fingerprint density at radius 3 is 2.52 bits per heavy atom. The van der Waals surface area contributed by atoms with Gasteiger partial charge in [-0.3, -0.25) is 4.79 Å². The Labute approximate surface area is 182 Å². The summed E-state index contributed by atoms with van der Waals surface area (Å²) in [7, 11) is 0. The fourth-order valence-electron chi connectivity index (χ4n) is 4.60. The highest BCUT2D eigenvalue weighted by Crippen LogP contribution is 2.32. The van der Waals surface area contributed by atoms with Crippen molar-refractivity contribution in [3.63, 3.8) is 0 Å². The molecule has 4 heterocycles. The Kier molecular flexibility index (Phi) is 5.53. The Bertz CT molecular complexity index is 927. The number of amides is 1. The lowest BCUT2D eigenvalue weighted by atomic mass is 10.0. The lowest BCUT2D eigenvalue weighted by Crippen LogP contribution is -2.49. The molecule has 2 fully saturated rings. The molecule has 3 aliphatic heterocycles. The number of nitrogens with zero attached hydrogens (tertiary/aromatic N) is 5. The maximum Gasteiger partial charge on any atom is 0.231 e. The smallest absolute Gasteiger partial charge is 0.231 e. The van der Waals surface area contributed by atoms with Crippen molar-refractivity contribution in [2.75, 3.05) is 49.3 Å². The molecular formula is C23H29N5O3. The first-order valence-corrected chi connectivity index (χ1v) is 11.2. The zero-order chi connectivity index (χ0) is 21.2. The third kappa shape index (κ3) is 4.24. The van der Waals surface area contributed by atoms with Gasteiger partial charge < -0.3 is 24.2 Å². The molecule has 5 rings (SSSR count). The summed E-state index contributed by atoms with van der Waals surface area (Å²) in [5.41, 5.74) is 0.949. The highest BCUT2D eigenvalue weighted by atomic mass is 16.7. The molecule has 8 nitrogen and oxygen atoms in total. The van der Waals surface area contributed by atoms with E-state index in [0.717, 1.165) is 48.3 Å². The van der Waals surface area contributed by atoms with Crippen LogP contribution in [0.3, 0.4) is 0 Å². The van der Waals surface area contributed by atoms with Gasteiger partial charge in [0.1, 0.15) is 0 Å². The van der Waals surface area contributed by atoms with E-state index in [0.29, 0.717) is 25.6 Å². The van der Waals surface area contributed by atoms with Crippen molar-refractivity contribution >= 4 is 17.5 Å². The molecule has 2 aromatic rings. The quantitative estimate of drug-likeness (QED) is 0.748. The molecular weight excluding hydrogens is 394 g/mol. The monoisotopic (exact) mass is 423 g/mol. The second-order valence-electron chi connectivity index (χ2n) is 8.52. The molecule has 0 N–H and O–H groups in total. The van der Waals surface area contributed by atoms with Crippen molar-refractivity contribution in [2.45, 2.75) is 38.6 Å². The van der Waals surface area contributed by atoms with E-state index in [1.165, 1.54) is 19.3 Å². The maximum absolute atomic E-state index is 12.8. The molecule has 1 atom stereocenters. The SMILES string of the molecule is CC1CCCCN1c1ccc(N2CCN(C(=O)Cc3ccc4c(c3)OCO4)CC2)nn1. The molecule has 2 saturated heterocycles. The number of aromatic nitrogens is 2. The molecule has 31 heavy (non-hydrogen) atoms. The van der Waals surface area contributed by atoms with Gasteiger partial charge in [-0.05, 0) is 56.0 Å². The number of hydrogen-bond acceptors (Lipinski definition) is 7. The van der Waals surface area contributed by atoms with Crippen molar-refractivity contribution in [1.29, 1.82) is 0 Å². The third-order valence-electron chi connectivity index (χ3n) is 6.48. The molecule has 8 heteroatoms. The topological polar surface area (TPSA) is 71.0 Å². The summed E-state index contributed by atoms with van der Waals surface area (Å²) in [5.74, 6) is 3.45. The number of carbonyl (C=O) groups excluding carboxylic acids is 1. The van der Waals surface area contributed by atoms with E-state index >= 15 is 0 Å². The lowest BCUT2D eigenvalue weighted by molar-refractivity contribution is -0.130. The van der Waals surface area contributed by atoms with Crippen LogP contribution in [0.25, 0.3) is 0 Å². The summed E-state index contributed by atoms with van der Waals surface area (Å²) in [4.78, 5) is 19.3. The zero-order valence-corrected chi connectivity index (χ0v) is 18.0. The number of fused-ring (bicyclic) bond motifs is 1. The standard InChI is InChI=1S/C23H29N5O3/c1-17-4-2-3-9-28(17)22-8-7-21(24-25-22)26-10-12-27(13-11-26)23(29)15-18-5-6-19-20(14-18)31-16-30-19/h5-8,14,17H,2-4,9-13,15-16H2,1H3. The van der Waals surface area contributed by atoms with Crippen molar-refractivity contribution in [3.05, 3.63) is 35.9 Å². The van der Waals surface area contributed by atoms with Crippen LogP contribution in [0.15, 0.2) is 30.3 Å². The van der Waals surface area contributed by atoms with E-state index in [1.807, 2.05) is 23.1 Å². The molecule has 0 saturated carbocycles. The van der Waals surface area contributed by atoms with Crippen molar-refractivity contribution in [1.82, 2.24) is 15.1 Å². The first-order chi connectivity index (χ1) is 15.2. The summed E-state index contributed by atoms with van der Waals surface area (Å²) in [6.07, 6.45) is 4.10. The van der Waals surface area contributed by atoms with E-state index in [2.05, 4.69) is 39.1 Å². The van der Waals surface area contributed by atoms with Crippen LogP contribution in [0.4, 0.5) is 11.6 Å². The highest BCUT2D eigenvalue weighted by molar-refractivity contribution is 5.79. The molecule has 1 aromatic heterocycles. The van der Waals surface area contributed by atoms with E-state index < -0.39 is 0 Å². The Balaban J connectivity index is 1.15. The van der Waals surface area contributed by atoms with Gasteiger partial charge in [0.15, 0.2) is 23.1 Å². The van der Waals surface area contributed by atoms with Gasteiger partial charge in [0, 0.05) is 38.8 Å². The fraction of sp³-hybridized carbons (Fsp3) is 0.522. The van der Waals surface area contributed by atoms with Crippen molar-refractivity contribution in [2.24, 2.45) is 0 Å². The van der Waals surface area contributed by atoms with E-state index in [-0.39, 0.29) is 12.7 Å². The second-order valence-corrected chi connectivity index (χ2v) is 8.52. The summed E-state index contributed by atoms with van der Waals surface area (Å²) >= 11 is 0. The first-order valence-electron chi connectivity index (χ1n) is 11.2. The van der Waals surface area contributed by atoms with Gasteiger partial charge in [0.2, 0.25) is 12.7 Å². The second kappa shape index (κ2) is 8.61. The van der Waals surface area contributed by atoms with E-state index in [4.69, 9.17) is 9.47 Å². The maximum atomic E-state index is 12.8. The van der Waals surface area contributed by atoms with Crippen LogP contribution in [0, 0.1) is 0 Å². The van der Waals surface area contributed by atoms with Gasteiger partial charge in [0.25, 0.3) is 0 Å². The van der Waals surface area contributed by atoms with Gasteiger partial charge >= 0.3 is 0 Å². The minimum absolute atomic E-state index is 0.138. The minimum atomic E-state index is 0.138. The van der Waals surface area contributed by atoms with Crippen LogP contribution in [0.5, 0.6) is 11.5 Å². The molecule has 3 aliphatic rings. The predicted molar refractivity (Wildman–Crippen MR) is 118 cm³/mol. The molecule has 164 valence electrons. The summed E-state index contributed by atoms with van der Waals surface area (Å²) in [5, 5.41) is 8.99. The van der Waals surface area contributed by atoms with Gasteiger partial charge in [-0.1, -0.05) is 6.07 Å². The average Bonchev–Trinajstić information content (AvgIpc) is 3.28. The highest BCUT2D eigenvalue weighted by Gasteiger charge is 2.24. The lowest BCUT2D eigenvalue weighted by Gasteiger charge is -2.36. The van der Waals surface area contributed by atoms with Crippen molar-refractivity contribution in [3.8, 4) is 11.5 Å². The number of hydrogen-bond donors (Lipinski definition) is 0. The fourth-order valence-corrected chi connectivity index (χ4v) is 4.60. The molecule has 1 aromatic carbocycles. The predicted octanol–water partition coefficient (Wildman–Crippen LogP) is 2.48. The average molecular weight is 424 g/mol.